The number of carbonyl (C=O) groups is 1. The maximum absolute atomic E-state index is 11.4. The van der Waals surface area contributed by atoms with Gasteiger partial charge in [-0.15, -0.1) is 0 Å². The van der Waals surface area contributed by atoms with Crippen molar-refractivity contribution in [1.29, 1.82) is 0 Å². The molecule has 90 valence electrons. The van der Waals surface area contributed by atoms with E-state index in [4.69, 9.17) is 0 Å². The van der Waals surface area contributed by atoms with E-state index >= 15 is 0 Å². The molecule has 0 atom stereocenters. The Hall–Kier alpha value is -1.36. The van der Waals surface area contributed by atoms with E-state index in [2.05, 4.69) is 44.1 Å². The van der Waals surface area contributed by atoms with Gasteiger partial charge in [0.25, 0.3) is 0 Å². The summed E-state index contributed by atoms with van der Waals surface area (Å²) in [4.78, 5) is 15.7. The summed E-state index contributed by atoms with van der Waals surface area (Å²) in [7, 11) is 1.36. The second-order valence-electron chi connectivity index (χ2n) is 4.06. The van der Waals surface area contributed by atoms with Gasteiger partial charge < -0.3 is 9.30 Å². The van der Waals surface area contributed by atoms with Crippen LogP contribution in [0.4, 0.5) is 0 Å². The molecule has 0 aliphatic rings. The lowest BCUT2D eigenvalue weighted by Gasteiger charge is -2.08. The van der Waals surface area contributed by atoms with E-state index in [0.29, 0.717) is 11.6 Å². The Kier molecular flexibility index (Phi) is 3.19. The third kappa shape index (κ3) is 2.07. The van der Waals surface area contributed by atoms with Crippen molar-refractivity contribution in [2.45, 2.75) is 19.9 Å². The molecule has 0 aliphatic heterocycles. The number of rotatable bonds is 2. The number of hydrogen-bond donors (Lipinski definition) is 0. The van der Waals surface area contributed by atoms with E-state index in [1.165, 1.54) is 7.11 Å². The average Bonchev–Trinajstić information content (AvgIpc) is 2.65. The lowest BCUT2D eigenvalue weighted by molar-refractivity contribution is 0.0600. The number of carbonyl (C=O) groups excluding carboxylic acids is 1. The van der Waals surface area contributed by atoms with E-state index in [1.54, 1.807) is 12.3 Å². The predicted molar refractivity (Wildman–Crippen MR) is 69.2 cm³/mol. The number of ether oxygens (including phenoxy) is 1. The first-order chi connectivity index (χ1) is 8.04. The lowest BCUT2D eigenvalue weighted by atomic mass is 10.2. The zero-order valence-corrected chi connectivity index (χ0v) is 11.5. The summed E-state index contributed by atoms with van der Waals surface area (Å²) in [6, 6.07) is 2.11. The van der Waals surface area contributed by atoms with E-state index in [0.717, 1.165) is 15.5 Å². The first-order valence-corrected chi connectivity index (χ1v) is 6.08. The number of halogens is 1. The third-order valence-corrected chi connectivity index (χ3v) is 3.23. The molecular formula is C12H13BrN2O2. The summed E-state index contributed by atoms with van der Waals surface area (Å²) in [6.45, 7) is 4.17. The zero-order valence-electron chi connectivity index (χ0n) is 9.90. The maximum Gasteiger partial charge on any atom is 0.339 e. The van der Waals surface area contributed by atoms with Crippen molar-refractivity contribution < 1.29 is 9.53 Å². The number of pyridine rings is 1. The molecule has 2 aromatic rings. The van der Waals surface area contributed by atoms with Crippen LogP contribution >= 0.6 is 15.9 Å². The van der Waals surface area contributed by atoms with Crippen molar-refractivity contribution >= 4 is 32.9 Å². The van der Waals surface area contributed by atoms with Crippen molar-refractivity contribution in [3.05, 3.63) is 28.5 Å². The fourth-order valence-corrected chi connectivity index (χ4v) is 2.23. The molecule has 0 N–H and O–H groups in total. The minimum atomic E-state index is -0.372. The second-order valence-corrected chi connectivity index (χ2v) is 4.92. The van der Waals surface area contributed by atoms with Gasteiger partial charge in [-0.2, -0.15) is 0 Å². The van der Waals surface area contributed by atoms with Gasteiger partial charge >= 0.3 is 5.97 Å². The van der Waals surface area contributed by atoms with Gasteiger partial charge in [0.1, 0.15) is 5.65 Å². The van der Waals surface area contributed by atoms with E-state index in [-0.39, 0.29) is 5.97 Å². The summed E-state index contributed by atoms with van der Waals surface area (Å²) in [5.74, 6) is -0.372. The van der Waals surface area contributed by atoms with Crippen molar-refractivity contribution in [2.24, 2.45) is 0 Å². The van der Waals surface area contributed by atoms with Crippen molar-refractivity contribution in [1.82, 2.24) is 9.55 Å². The Morgan fingerprint density at radius 2 is 2.24 bits per heavy atom. The standard InChI is InChI=1S/C12H13BrN2O2/c1-7(2)15-6-10(13)9-4-8(12(16)17-3)5-14-11(9)15/h4-7H,1-3H3. The van der Waals surface area contributed by atoms with Gasteiger partial charge in [-0.1, -0.05) is 0 Å². The fourth-order valence-electron chi connectivity index (χ4n) is 1.71. The van der Waals surface area contributed by atoms with Gasteiger partial charge in [0.05, 0.1) is 12.7 Å². The first-order valence-electron chi connectivity index (χ1n) is 5.29. The molecule has 0 radical (unpaired) electrons. The monoisotopic (exact) mass is 296 g/mol. The Labute approximate surface area is 108 Å². The molecule has 2 heterocycles. The van der Waals surface area contributed by atoms with Gasteiger partial charge in [0.2, 0.25) is 0 Å². The Bertz CT molecular complexity index is 575. The summed E-state index contributed by atoms with van der Waals surface area (Å²) in [5.41, 5.74) is 1.32. The molecule has 0 aromatic carbocycles. The van der Waals surface area contributed by atoms with Crippen LogP contribution in [0.25, 0.3) is 11.0 Å². The first kappa shape index (κ1) is 12.1. The van der Waals surface area contributed by atoms with Crippen LogP contribution in [0.3, 0.4) is 0 Å². The third-order valence-electron chi connectivity index (χ3n) is 2.60. The van der Waals surface area contributed by atoms with E-state index < -0.39 is 0 Å². The molecule has 2 aromatic heterocycles. The van der Waals surface area contributed by atoms with Crippen molar-refractivity contribution in [3.63, 3.8) is 0 Å². The number of fused-ring (bicyclic) bond motifs is 1. The predicted octanol–water partition coefficient (Wildman–Crippen LogP) is 3.17. The van der Waals surface area contributed by atoms with Crippen LogP contribution in [0, 0.1) is 0 Å². The summed E-state index contributed by atoms with van der Waals surface area (Å²) >= 11 is 3.48. The van der Waals surface area contributed by atoms with Crippen LogP contribution in [-0.4, -0.2) is 22.6 Å². The maximum atomic E-state index is 11.4. The average molecular weight is 297 g/mol. The van der Waals surface area contributed by atoms with Crippen LogP contribution in [-0.2, 0) is 4.74 Å². The number of esters is 1. The molecule has 17 heavy (non-hydrogen) atoms. The van der Waals surface area contributed by atoms with Gasteiger partial charge in [-0.25, -0.2) is 9.78 Å². The van der Waals surface area contributed by atoms with Gasteiger partial charge in [-0.05, 0) is 35.8 Å². The van der Waals surface area contributed by atoms with Crippen molar-refractivity contribution in [2.75, 3.05) is 7.11 Å². The summed E-state index contributed by atoms with van der Waals surface area (Å²) < 4.78 is 7.66. The Morgan fingerprint density at radius 1 is 1.53 bits per heavy atom. The highest BCUT2D eigenvalue weighted by Crippen LogP contribution is 2.28. The van der Waals surface area contributed by atoms with Crippen LogP contribution in [0.2, 0.25) is 0 Å². The second kappa shape index (κ2) is 4.49. The van der Waals surface area contributed by atoms with Crippen LogP contribution < -0.4 is 0 Å². The number of methoxy groups -OCH3 is 1. The molecule has 0 saturated heterocycles. The molecule has 0 spiro atoms. The van der Waals surface area contributed by atoms with E-state index in [9.17, 15) is 4.79 Å². The van der Waals surface area contributed by atoms with Gasteiger partial charge in [-0.3, -0.25) is 0 Å². The Balaban J connectivity index is 2.63. The molecule has 0 bridgehead atoms. The molecule has 2 rings (SSSR count). The topological polar surface area (TPSA) is 44.1 Å². The minimum absolute atomic E-state index is 0.320. The fraction of sp³-hybridized carbons (Fsp3) is 0.333. The molecule has 0 unspecified atom stereocenters. The highest BCUT2D eigenvalue weighted by Gasteiger charge is 2.13. The largest absolute Gasteiger partial charge is 0.465 e. The summed E-state index contributed by atoms with van der Waals surface area (Å²) in [5, 5.41) is 0.918. The molecular weight excluding hydrogens is 284 g/mol. The van der Waals surface area contributed by atoms with Crippen LogP contribution in [0.15, 0.2) is 22.9 Å². The normalized spacial score (nSPS) is 11.1. The lowest BCUT2D eigenvalue weighted by Crippen LogP contribution is -2.03. The molecule has 5 heteroatoms. The smallest absolute Gasteiger partial charge is 0.339 e. The minimum Gasteiger partial charge on any atom is -0.465 e. The van der Waals surface area contributed by atoms with Crippen LogP contribution in [0.1, 0.15) is 30.2 Å². The van der Waals surface area contributed by atoms with Crippen molar-refractivity contribution in [3.8, 4) is 0 Å². The Morgan fingerprint density at radius 3 is 2.82 bits per heavy atom. The number of hydrogen-bond acceptors (Lipinski definition) is 3. The van der Waals surface area contributed by atoms with Gasteiger partial charge in [0, 0.05) is 28.3 Å². The number of aromatic nitrogens is 2. The SMILES string of the molecule is COC(=O)c1cnc2c(c1)c(Br)cn2C(C)C. The summed E-state index contributed by atoms with van der Waals surface area (Å²) in [6.07, 6.45) is 3.52. The highest BCUT2D eigenvalue weighted by molar-refractivity contribution is 9.10. The highest BCUT2D eigenvalue weighted by atomic mass is 79.9. The van der Waals surface area contributed by atoms with Gasteiger partial charge in [0.15, 0.2) is 0 Å². The molecule has 0 saturated carbocycles. The molecule has 0 fully saturated rings. The van der Waals surface area contributed by atoms with E-state index in [1.807, 2.05) is 6.20 Å². The molecule has 0 aliphatic carbocycles. The molecule has 4 nitrogen and oxygen atoms in total. The van der Waals surface area contributed by atoms with Crippen LogP contribution in [0.5, 0.6) is 0 Å². The zero-order chi connectivity index (χ0) is 12.6. The quantitative estimate of drug-likeness (QED) is 0.800. The number of nitrogens with zero attached hydrogens (tertiary/aromatic N) is 2. The molecule has 0 amide bonds.